The van der Waals surface area contributed by atoms with E-state index in [-0.39, 0.29) is 24.4 Å². The molecule has 3 N–H and O–H groups in total. The molecule has 0 unspecified atom stereocenters. The molecular weight excluding hydrogens is 324 g/mol. The van der Waals surface area contributed by atoms with E-state index in [9.17, 15) is 4.79 Å². The Bertz CT molecular complexity index is 661. The van der Waals surface area contributed by atoms with Gasteiger partial charge in [0.2, 0.25) is 5.91 Å². The van der Waals surface area contributed by atoms with Crippen LogP contribution in [-0.4, -0.2) is 18.5 Å². The Morgan fingerprint density at radius 3 is 2.67 bits per heavy atom. The van der Waals surface area contributed by atoms with Crippen LogP contribution in [0.15, 0.2) is 48.5 Å². The Hall–Kier alpha value is -2.04. The molecule has 0 aliphatic carbocycles. The molecule has 0 spiro atoms. The number of hydrogen-bond acceptors (Lipinski definition) is 3. The van der Waals surface area contributed by atoms with Gasteiger partial charge < -0.3 is 15.8 Å². The zero-order valence-electron chi connectivity index (χ0n) is 14.1. The third-order valence-electron chi connectivity index (χ3n) is 3.68. The standard InChI is InChI=1S/C19H24N2O2.ClH/c1-14-6-3-4-8-17(14)13-23-18-9-5-7-16(10-18)11-19(22)21-15(2)12-20;/h3-10,15H,11-13,20H2,1-2H3,(H,21,22);1H/t15-;/m0./s1. The Morgan fingerprint density at radius 2 is 1.96 bits per heavy atom. The fraction of sp³-hybridized carbons (Fsp3) is 0.316. The number of rotatable bonds is 7. The smallest absolute Gasteiger partial charge is 0.224 e. The van der Waals surface area contributed by atoms with Crippen LogP contribution in [0.25, 0.3) is 0 Å². The van der Waals surface area contributed by atoms with Crippen molar-refractivity contribution in [1.29, 1.82) is 0 Å². The molecular formula is C19H25ClN2O2. The molecule has 24 heavy (non-hydrogen) atoms. The van der Waals surface area contributed by atoms with Crippen LogP contribution in [0.1, 0.15) is 23.6 Å². The first-order chi connectivity index (χ1) is 11.1. The van der Waals surface area contributed by atoms with E-state index in [1.165, 1.54) is 5.56 Å². The molecule has 130 valence electrons. The van der Waals surface area contributed by atoms with Crippen molar-refractivity contribution in [2.75, 3.05) is 6.54 Å². The zero-order valence-corrected chi connectivity index (χ0v) is 14.9. The molecule has 2 aromatic carbocycles. The summed E-state index contributed by atoms with van der Waals surface area (Å²) in [6, 6.07) is 15.8. The lowest BCUT2D eigenvalue weighted by Crippen LogP contribution is -2.38. The van der Waals surface area contributed by atoms with Crippen LogP contribution < -0.4 is 15.8 Å². The second kappa shape index (κ2) is 9.96. The van der Waals surface area contributed by atoms with E-state index in [1.807, 2.05) is 43.3 Å². The van der Waals surface area contributed by atoms with Gasteiger partial charge in [-0.15, -0.1) is 12.4 Å². The van der Waals surface area contributed by atoms with E-state index in [2.05, 4.69) is 24.4 Å². The quantitative estimate of drug-likeness (QED) is 0.808. The van der Waals surface area contributed by atoms with Gasteiger partial charge >= 0.3 is 0 Å². The van der Waals surface area contributed by atoms with Crippen molar-refractivity contribution < 1.29 is 9.53 Å². The maximum Gasteiger partial charge on any atom is 0.224 e. The number of carbonyl (C=O) groups excluding carboxylic acids is 1. The molecule has 5 heteroatoms. The van der Waals surface area contributed by atoms with Gasteiger partial charge in [-0.05, 0) is 42.7 Å². The molecule has 0 saturated carbocycles. The summed E-state index contributed by atoms with van der Waals surface area (Å²) in [6.45, 7) is 4.91. The highest BCUT2D eigenvalue weighted by Gasteiger charge is 2.07. The van der Waals surface area contributed by atoms with E-state index >= 15 is 0 Å². The Kier molecular flexibility index (Phi) is 8.30. The summed E-state index contributed by atoms with van der Waals surface area (Å²) in [5.41, 5.74) is 8.80. The zero-order chi connectivity index (χ0) is 16.7. The first kappa shape index (κ1) is 20.0. The molecule has 2 rings (SSSR count). The number of nitrogens with one attached hydrogen (secondary N) is 1. The predicted molar refractivity (Wildman–Crippen MR) is 99.6 cm³/mol. The van der Waals surface area contributed by atoms with Gasteiger partial charge in [0, 0.05) is 12.6 Å². The van der Waals surface area contributed by atoms with Gasteiger partial charge in [-0.25, -0.2) is 0 Å². The van der Waals surface area contributed by atoms with Gasteiger partial charge in [-0.2, -0.15) is 0 Å². The third-order valence-corrected chi connectivity index (χ3v) is 3.68. The minimum Gasteiger partial charge on any atom is -0.489 e. The van der Waals surface area contributed by atoms with Crippen LogP contribution >= 0.6 is 12.4 Å². The minimum absolute atomic E-state index is 0. The van der Waals surface area contributed by atoms with Gasteiger partial charge in [0.25, 0.3) is 0 Å². The number of nitrogens with two attached hydrogens (primary N) is 1. The highest BCUT2D eigenvalue weighted by Crippen LogP contribution is 2.17. The fourth-order valence-electron chi connectivity index (χ4n) is 2.25. The Morgan fingerprint density at radius 1 is 1.21 bits per heavy atom. The summed E-state index contributed by atoms with van der Waals surface area (Å²) in [6.07, 6.45) is 0.325. The first-order valence-electron chi connectivity index (χ1n) is 7.84. The van der Waals surface area contributed by atoms with Crippen molar-refractivity contribution in [2.24, 2.45) is 5.73 Å². The van der Waals surface area contributed by atoms with Crippen molar-refractivity contribution in [2.45, 2.75) is 32.9 Å². The lowest BCUT2D eigenvalue weighted by Gasteiger charge is -2.12. The first-order valence-corrected chi connectivity index (χ1v) is 7.84. The second-order valence-electron chi connectivity index (χ2n) is 5.74. The normalized spacial score (nSPS) is 11.3. The Labute approximate surface area is 149 Å². The van der Waals surface area contributed by atoms with E-state index in [4.69, 9.17) is 10.5 Å². The SMILES string of the molecule is Cc1ccccc1COc1cccc(CC(=O)N[C@@H](C)CN)c1.Cl. The van der Waals surface area contributed by atoms with Crippen LogP contribution in [-0.2, 0) is 17.8 Å². The van der Waals surface area contributed by atoms with Crippen LogP contribution in [0.2, 0.25) is 0 Å². The Balaban J connectivity index is 0.00000288. The fourth-order valence-corrected chi connectivity index (χ4v) is 2.25. The number of ether oxygens (including phenoxy) is 1. The molecule has 4 nitrogen and oxygen atoms in total. The molecule has 0 aliphatic rings. The molecule has 1 amide bonds. The molecule has 0 heterocycles. The van der Waals surface area contributed by atoms with E-state index in [1.54, 1.807) is 0 Å². The summed E-state index contributed by atoms with van der Waals surface area (Å²) in [5.74, 6) is 0.740. The highest BCUT2D eigenvalue weighted by atomic mass is 35.5. The topological polar surface area (TPSA) is 64.3 Å². The van der Waals surface area contributed by atoms with Crippen molar-refractivity contribution >= 4 is 18.3 Å². The van der Waals surface area contributed by atoms with Crippen molar-refractivity contribution in [3.63, 3.8) is 0 Å². The molecule has 0 radical (unpaired) electrons. The number of aryl methyl sites for hydroxylation is 1. The van der Waals surface area contributed by atoms with Crippen molar-refractivity contribution in [1.82, 2.24) is 5.32 Å². The molecule has 0 aromatic heterocycles. The molecule has 0 fully saturated rings. The minimum atomic E-state index is -0.0287. The number of hydrogen-bond donors (Lipinski definition) is 2. The summed E-state index contributed by atoms with van der Waals surface area (Å²) in [7, 11) is 0. The van der Waals surface area contributed by atoms with E-state index in [0.717, 1.165) is 16.9 Å². The maximum absolute atomic E-state index is 11.9. The molecule has 1 atom stereocenters. The lowest BCUT2D eigenvalue weighted by molar-refractivity contribution is -0.120. The summed E-state index contributed by atoms with van der Waals surface area (Å²) < 4.78 is 5.85. The average Bonchev–Trinajstić information content (AvgIpc) is 2.54. The second-order valence-corrected chi connectivity index (χ2v) is 5.74. The molecule has 0 bridgehead atoms. The van der Waals surface area contributed by atoms with Gasteiger partial charge in [0.15, 0.2) is 0 Å². The summed E-state index contributed by atoms with van der Waals surface area (Å²) >= 11 is 0. The van der Waals surface area contributed by atoms with E-state index < -0.39 is 0 Å². The van der Waals surface area contributed by atoms with Crippen LogP contribution in [0.3, 0.4) is 0 Å². The van der Waals surface area contributed by atoms with Gasteiger partial charge in [0.1, 0.15) is 12.4 Å². The maximum atomic E-state index is 11.9. The van der Waals surface area contributed by atoms with Gasteiger partial charge in [-0.3, -0.25) is 4.79 Å². The third kappa shape index (κ3) is 6.22. The predicted octanol–water partition coefficient (Wildman–Crippen LogP) is 3.00. The monoisotopic (exact) mass is 348 g/mol. The van der Waals surface area contributed by atoms with Crippen molar-refractivity contribution in [3.8, 4) is 5.75 Å². The van der Waals surface area contributed by atoms with Crippen LogP contribution in [0, 0.1) is 6.92 Å². The summed E-state index contributed by atoms with van der Waals surface area (Å²) in [4.78, 5) is 11.9. The van der Waals surface area contributed by atoms with Gasteiger partial charge in [-0.1, -0.05) is 36.4 Å². The molecule has 0 aliphatic heterocycles. The number of carbonyl (C=O) groups is 1. The van der Waals surface area contributed by atoms with Crippen LogP contribution in [0.5, 0.6) is 5.75 Å². The summed E-state index contributed by atoms with van der Waals surface area (Å²) in [5, 5.41) is 2.86. The number of amides is 1. The average molecular weight is 349 g/mol. The van der Waals surface area contributed by atoms with Gasteiger partial charge in [0.05, 0.1) is 6.42 Å². The highest BCUT2D eigenvalue weighted by molar-refractivity contribution is 5.85. The number of halogens is 1. The van der Waals surface area contributed by atoms with Crippen LogP contribution in [0.4, 0.5) is 0 Å². The molecule has 2 aromatic rings. The molecule has 0 saturated heterocycles. The van der Waals surface area contributed by atoms with E-state index in [0.29, 0.717) is 19.6 Å². The number of benzene rings is 2. The lowest BCUT2D eigenvalue weighted by atomic mass is 10.1. The largest absolute Gasteiger partial charge is 0.489 e. The van der Waals surface area contributed by atoms with Crippen molar-refractivity contribution in [3.05, 3.63) is 65.2 Å².